The zero-order valence-electron chi connectivity index (χ0n) is 10.5. The van der Waals surface area contributed by atoms with E-state index in [1.807, 2.05) is 24.3 Å². The molecule has 0 aromatic heterocycles. The van der Waals surface area contributed by atoms with Crippen LogP contribution in [-0.4, -0.2) is 5.54 Å². The van der Waals surface area contributed by atoms with E-state index < -0.39 is 17.2 Å². The van der Waals surface area contributed by atoms with Gasteiger partial charge in [0.05, 0.1) is 0 Å². The van der Waals surface area contributed by atoms with Crippen LogP contribution in [0.2, 0.25) is 0 Å². The van der Waals surface area contributed by atoms with Gasteiger partial charge in [0.15, 0.2) is 0 Å². The van der Waals surface area contributed by atoms with Crippen LogP contribution in [0.5, 0.6) is 0 Å². The van der Waals surface area contributed by atoms with Gasteiger partial charge in [0, 0.05) is 11.1 Å². The Balaban J connectivity index is 1.89. The van der Waals surface area contributed by atoms with Crippen molar-refractivity contribution in [2.75, 3.05) is 0 Å². The average Bonchev–Trinajstić information content (AvgIpc) is 2.70. The second kappa shape index (κ2) is 4.42. The monoisotopic (exact) mass is 259 g/mol. The molecular weight excluding hydrogens is 244 g/mol. The highest BCUT2D eigenvalue weighted by Gasteiger charge is 2.34. The van der Waals surface area contributed by atoms with Crippen molar-refractivity contribution in [3.63, 3.8) is 0 Å². The van der Waals surface area contributed by atoms with Crippen molar-refractivity contribution in [2.24, 2.45) is 5.73 Å². The normalized spacial score (nSPS) is 16.4. The minimum absolute atomic E-state index is 0.0952. The third-order valence-corrected chi connectivity index (χ3v) is 3.79. The Morgan fingerprint density at radius 1 is 0.895 bits per heavy atom. The molecular formula is C16H15F2N. The maximum absolute atomic E-state index is 13.7. The van der Waals surface area contributed by atoms with Gasteiger partial charge >= 0.3 is 0 Å². The number of rotatable bonds is 2. The zero-order chi connectivity index (χ0) is 13.5. The molecule has 3 rings (SSSR count). The van der Waals surface area contributed by atoms with Crippen molar-refractivity contribution < 1.29 is 8.78 Å². The van der Waals surface area contributed by atoms with E-state index in [0.717, 1.165) is 0 Å². The summed E-state index contributed by atoms with van der Waals surface area (Å²) in [4.78, 5) is 0. The molecule has 0 fully saturated rings. The summed E-state index contributed by atoms with van der Waals surface area (Å²) in [5.41, 5.74) is 8.21. The summed E-state index contributed by atoms with van der Waals surface area (Å²) >= 11 is 0. The van der Waals surface area contributed by atoms with Crippen LogP contribution < -0.4 is 5.73 Å². The molecule has 0 amide bonds. The number of nitrogens with two attached hydrogens (primary N) is 1. The maximum atomic E-state index is 13.7. The second-order valence-corrected chi connectivity index (χ2v) is 5.36. The van der Waals surface area contributed by atoms with Gasteiger partial charge in [0.1, 0.15) is 11.6 Å². The molecule has 0 bridgehead atoms. The lowest BCUT2D eigenvalue weighted by molar-refractivity contribution is 0.423. The SMILES string of the molecule is NC1(Cc2c(F)cccc2F)Cc2ccccc2C1. The molecule has 0 radical (unpaired) electrons. The lowest BCUT2D eigenvalue weighted by Gasteiger charge is -2.24. The van der Waals surface area contributed by atoms with Crippen molar-refractivity contribution in [1.82, 2.24) is 0 Å². The lowest BCUT2D eigenvalue weighted by Crippen LogP contribution is -2.43. The van der Waals surface area contributed by atoms with Gasteiger partial charge in [-0.25, -0.2) is 8.78 Å². The fourth-order valence-electron chi connectivity index (χ4n) is 2.90. The summed E-state index contributed by atoms with van der Waals surface area (Å²) in [5, 5.41) is 0. The standard InChI is InChI=1S/C16H15F2N/c17-14-6-3-7-15(18)13(14)10-16(19)8-11-4-1-2-5-12(11)9-16/h1-7H,8-10,19H2. The highest BCUT2D eigenvalue weighted by atomic mass is 19.1. The third kappa shape index (κ3) is 2.26. The maximum Gasteiger partial charge on any atom is 0.129 e. The van der Waals surface area contributed by atoms with Crippen LogP contribution in [0.15, 0.2) is 42.5 Å². The quantitative estimate of drug-likeness (QED) is 0.881. The molecule has 1 aliphatic carbocycles. The molecule has 1 aliphatic rings. The summed E-state index contributed by atoms with van der Waals surface area (Å²) in [6.45, 7) is 0. The third-order valence-electron chi connectivity index (χ3n) is 3.79. The summed E-state index contributed by atoms with van der Waals surface area (Å²) in [5.74, 6) is -1.03. The van der Waals surface area contributed by atoms with Crippen LogP contribution in [0.1, 0.15) is 16.7 Å². The number of fused-ring (bicyclic) bond motifs is 1. The summed E-state index contributed by atoms with van der Waals surface area (Å²) < 4.78 is 27.4. The lowest BCUT2D eigenvalue weighted by atomic mass is 9.88. The van der Waals surface area contributed by atoms with E-state index in [9.17, 15) is 8.78 Å². The number of benzene rings is 2. The van der Waals surface area contributed by atoms with Crippen LogP contribution in [0, 0.1) is 11.6 Å². The van der Waals surface area contributed by atoms with Gasteiger partial charge in [-0.05, 0) is 42.5 Å². The molecule has 0 saturated carbocycles. The number of hydrogen-bond donors (Lipinski definition) is 1. The first-order valence-corrected chi connectivity index (χ1v) is 6.36. The molecule has 0 saturated heterocycles. The van der Waals surface area contributed by atoms with Gasteiger partial charge in [-0.1, -0.05) is 30.3 Å². The molecule has 19 heavy (non-hydrogen) atoms. The Morgan fingerprint density at radius 2 is 1.42 bits per heavy atom. The van der Waals surface area contributed by atoms with E-state index in [4.69, 9.17) is 5.73 Å². The van der Waals surface area contributed by atoms with E-state index in [-0.39, 0.29) is 12.0 Å². The summed E-state index contributed by atoms with van der Waals surface area (Å²) in [6.07, 6.45) is 1.55. The zero-order valence-corrected chi connectivity index (χ0v) is 10.5. The van der Waals surface area contributed by atoms with E-state index in [2.05, 4.69) is 0 Å². The Bertz CT molecular complexity index is 577. The fraction of sp³-hybridized carbons (Fsp3) is 0.250. The smallest absolute Gasteiger partial charge is 0.129 e. The predicted molar refractivity (Wildman–Crippen MR) is 70.8 cm³/mol. The Labute approximate surface area is 111 Å². The van der Waals surface area contributed by atoms with Crippen molar-refractivity contribution in [3.05, 3.63) is 70.8 Å². The van der Waals surface area contributed by atoms with Crippen molar-refractivity contribution >= 4 is 0 Å². The number of hydrogen-bond acceptors (Lipinski definition) is 1. The van der Waals surface area contributed by atoms with Gasteiger partial charge < -0.3 is 5.73 Å². The van der Waals surface area contributed by atoms with Gasteiger partial charge in [0.2, 0.25) is 0 Å². The topological polar surface area (TPSA) is 26.0 Å². The summed E-state index contributed by atoms with van der Waals surface area (Å²) in [7, 11) is 0. The Morgan fingerprint density at radius 3 is 1.95 bits per heavy atom. The predicted octanol–water partition coefficient (Wildman–Crippen LogP) is 3.00. The first-order chi connectivity index (χ1) is 9.07. The molecule has 2 aromatic rings. The van der Waals surface area contributed by atoms with Crippen LogP contribution in [-0.2, 0) is 19.3 Å². The Kier molecular flexibility index (Phi) is 2.86. The minimum atomic E-state index is -0.591. The highest BCUT2D eigenvalue weighted by Crippen LogP contribution is 2.31. The molecule has 3 heteroatoms. The highest BCUT2D eigenvalue weighted by molar-refractivity contribution is 5.37. The molecule has 0 atom stereocenters. The van der Waals surface area contributed by atoms with Crippen molar-refractivity contribution in [1.29, 1.82) is 0 Å². The molecule has 1 nitrogen and oxygen atoms in total. The van der Waals surface area contributed by atoms with Crippen LogP contribution in [0.4, 0.5) is 8.78 Å². The largest absolute Gasteiger partial charge is 0.324 e. The first kappa shape index (κ1) is 12.3. The van der Waals surface area contributed by atoms with Gasteiger partial charge in [-0.2, -0.15) is 0 Å². The molecule has 0 heterocycles. The Hall–Kier alpha value is -1.74. The van der Waals surface area contributed by atoms with E-state index >= 15 is 0 Å². The van der Waals surface area contributed by atoms with E-state index in [0.29, 0.717) is 12.8 Å². The van der Waals surface area contributed by atoms with Gasteiger partial charge in [-0.3, -0.25) is 0 Å². The van der Waals surface area contributed by atoms with Crippen molar-refractivity contribution in [2.45, 2.75) is 24.8 Å². The van der Waals surface area contributed by atoms with Crippen LogP contribution >= 0.6 is 0 Å². The minimum Gasteiger partial charge on any atom is -0.324 e. The molecule has 98 valence electrons. The molecule has 0 unspecified atom stereocenters. The van der Waals surface area contributed by atoms with E-state index in [1.54, 1.807) is 0 Å². The molecule has 2 aromatic carbocycles. The molecule has 0 spiro atoms. The fourth-order valence-corrected chi connectivity index (χ4v) is 2.90. The molecule has 2 N–H and O–H groups in total. The summed E-state index contributed by atoms with van der Waals surface area (Å²) in [6, 6.07) is 11.9. The van der Waals surface area contributed by atoms with E-state index in [1.165, 1.54) is 29.3 Å². The van der Waals surface area contributed by atoms with Crippen molar-refractivity contribution in [3.8, 4) is 0 Å². The first-order valence-electron chi connectivity index (χ1n) is 6.36. The second-order valence-electron chi connectivity index (χ2n) is 5.36. The van der Waals surface area contributed by atoms with Gasteiger partial charge in [0.25, 0.3) is 0 Å². The number of halogens is 2. The van der Waals surface area contributed by atoms with Crippen LogP contribution in [0.25, 0.3) is 0 Å². The molecule has 0 aliphatic heterocycles. The van der Waals surface area contributed by atoms with Gasteiger partial charge in [-0.15, -0.1) is 0 Å². The van der Waals surface area contributed by atoms with Crippen LogP contribution in [0.3, 0.4) is 0 Å². The average molecular weight is 259 g/mol.